The number of rotatable bonds is 6. The molecule has 3 heterocycles. The van der Waals surface area contributed by atoms with Gasteiger partial charge in [-0.15, -0.1) is 0 Å². The van der Waals surface area contributed by atoms with Gasteiger partial charge in [0.25, 0.3) is 0 Å². The fourth-order valence-corrected chi connectivity index (χ4v) is 7.39. The minimum atomic E-state index is 0.615. The molecule has 0 aliphatic carbocycles. The van der Waals surface area contributed by atoms with Crippen LogP contribution in [0.5, 0.6) is 0 Å². The highest BCUT2D eigenvalue weighted by Crippen LogP contribution is 2.36. The van der Waals surface area contributed by atoms with Crippen molar-refractivity contribution in [3.63, 3.8) is 0 Å². The van der Waals surface area contributed by atoms with Crippen molar-refractivity contribution in [3.8, 4) is 62.1 Å². The van der Waals surface area contributed by atoms with Crippen molar-refractivity contribution >= 4 is 32.6 Å². The summed E-state index contributed by atoms with van der Waals surface area (Å²) in [6.45, 7) is 0. The molecule has 0 unspecified atom stereocenters. The molecule has 0 aliphatic heterocycles. The summed E-state index contributed by atoms with van der Waals surface area (Å²) < 4.78 is 2.34. The Morgan fingerprint density at radius 1 is 0.358 bits per heavy atom. The van der Waals surface area contributed by atoms with E-state index in [0.29, 0.717) is 17.5 Å². The summed E-state index contributed by atoms with van der Waals surface area (Å²) in [7, 11) is 0. The first-order chi connectivity index (χ1) is 26.3. The van der Waals surface area contributed by atoms with Crippen LogP contribution in [-0.4, -0.2) is 24.5 Å². The maximum absolute atomic E-state index is 5.16. The van der Waals surface area contributed by atoms with Gasteiger partial charge in [0.2, 0.25) is 0 Å². The van der Waals surface area contributed by atoms with Gasteiger partial charge in [0.15, 0.2) is 17.5 Å². The summed E-state index contributed by atoms with van der Waals surface area (Å²) in [5.74, 6) is 1.87. The van der Waals surface area contributed by atoms with Gasteiger partial charge in [-0.2, -0.15) is 0 Å². The zero-order valence-electron chi connectivity index (χ0n) is 28.6. The van der Waals surface area contributed by atoms with E-state index >= 15 is 0 Å². The predicted octanol–water partition coefficient (Wildman–Crippen LogP) is 11.9. The van der Waals surface area contributed by atoms with E-state index < -0.39 is 0 Å². The lowest BCUT2D eigenvalue weighted by Crippen LogP contribution is -2.01. The number of aromatic nitrogens is 5. The highest BCUT2D eigenvalue weighted by molar-refractivity contribution is 6.10. The van der Waals surface area contributed by atoms with Crippen molar-refractivity contribution in [1.29, 1.82) is 0 Å². The third-order valence-corrected chi connectivity index (χ3v) is 9.92. The van der Waals surface area contributed by atoms with Crippen molar-refractivity contribution in [1.82, 2.24) is 24.5 Å². The molecule has 0 fully saturated rings. The third-order valence-electron chi connectivity index (χ3n) is 9.92. The Bertz CT molecular complexity index is 2940. The van der Waals surface area contributed by atoms with E-state index in [2.05, 4.69) is 173 Å². The van der Waals surface area contributed by atoms with Crippen LogP contribution in [0.1, 0.15) is 0 Å². The molecule has 10 rings (SSSR count). The maximum atomic E-state index is 5.16. The van der Waals surface area contributed by atoms with Gasteiger partial charge < -0.3 is 4.57 Å². The first kappa shape index (κ1) is 30.6. The Morgan fingerprint density at radius 3 is 1.72 bits per heavy atom. The molecule has 0 spiro atoms. The number of hydrogen-bond acceptors (Lipinski definition) is 4. The average Bonchev–Trinajstić information content (AvgIpc) is 3.58. The second-order valence-corrected chi connectivity index (χ2v) is 13.2. The van der Waals surface area contributed by atoms with Crippen LogP contribution in [-0.2, 0) is 0 Å². The van der Waals surface area contributed by atoms with E-state index in [0.717, 1.165) is 55.4 Å². The van der Waals surface area contributed by atoms with Crippen LogP contribution >= 0.6 is 0 Å². The second-order valence-electron chi connectivity index (χ2n) is 13.2. The fourth-order valence-electron chi connectivity index (χ4n) is 7.39. The maximum Gasteiger partial charge on any atom is 0.164 e. The average molecular weight is 678 g/mol. The van der Waals surface area contributed by atoms with Crippen LogP contribution in [0.4, 0.5) is 0 Å². The summed E-state index contributed by atoms with van der Waals surface area (Å²) in [6.07, 6.45) is 3.67. The zero-order chi connectivity index (χ0) is 35.1. The third kappa shape index (κ3) is 5.52. The summed E-state index contributed by atoms with van der Waals surface area (Å²) in [5, 5.41) is 4.67. The fraction of sp³-hybridized carbons (Fsp3) is 0. The second kappa shape index (κ2) is 12.8. The molecule has 0 saturated carbocycles. The van der Waals surface area contributed by atoms with Gasteiger partial charge in [0, 0.05) is 51.1 Å². The van der Waals surface area contributed by atoms with Gasteiger partial charge in [-0.1, -0.05) is 127 Å². The Morgan fingerprint density at radius 2 is 0.943 bits per heavy atom. The molecule has 5 heteroatoms. The van der Waals surface area contributed by atoms with Crippen molar-refractivity contribution in [2.24, 2.45) is 0 Å². The Hall–Kier alpha value is -7.24. The first-order valence-corrected chi connectivity index (χ1v) is 17.7. The zero-order valence-corrected chi connectivity index (χ0v) is 28.6. The molecular weight excluding hydrogens is 647 g/mol. The Kier molecular flexibility index (Phi) is 7.40. The van der Waals surface area contributed by atoms with Gasteiger partial charge >= 0.3 is 0 Å². The van der Waals surface area contributed by atoms with E-state index in [1.807, 2.05) is 18.3 Å². The lowest BCUT2D eigenvalue weighted by Gasteiger charge is -2.12. The van der Waals surface area contributed by atoms with Crippen molar-refractivity contribution < 1.29 is 0 Å². The Labute approximate surface area is 306 Å². The Balaban J connectivity index is 1.13. The molecular formula is C48H31N5. The van der Waals surface area contributed by atoms with E-state index in [-0.39, 0.29) is 0 Å². The SMILES string of the molecule is c1ccc(-n2c3ccccc3c3cc(-c4cccc(-c5nc(-c6cccc(-c7cccnc7)c6)nc(-c6cccc7ccccc67)n5)c4)ccc32)cc1. The van der Waals surface area contributed by atoms with Crippen LogP contribution in [0, 0.1) is 0 Å². The molecule has 0 saturated heterocycles. The monoisotopic (exact) mass is 677 g/mol. The van der Waals surface area contributed by atoms with Gasteiger partial charge in [0.1, 0.15) is 0 Å². The van der Waals surface area contributed by atoms with Gasteiger partial charge in [-0.3, -0.25) is 4.98 Å². The van der Waals surface area contributed by atoms with Crippen molar-refractivity contribution in [2.75, 3.05) is 0 Å². The topological polar surface area (TPSA) is 56.5 Å². The molecule has 10 aromatic rings. The van der Waals surface area contributed by atoms with Crippen LogP contribution < -0.4 is 0 Å². The molecule has 248 valence electrons. The summed E-state index contributed by atoms with van der Waals surface area (Å²) in [5.41, 5.74) is 10.6. The van der Waals surface area contributed by atoms with Crippen LogP contribution in [0.15, 0.2) is 188 Å². The van der Waals surface area contributed by atoms with E-state index in [1.165, 1.54) is 21.8 Å². The summed E-state index contributed by atoms with van der Waals surface area (Å²) >= 11 is 0. The number of benzene rings is 7. The lowest BCUT2D eigenvalue weighted by molar-refractivity contribution is 1.08. The summed E-state index contributed by atoms with van der Waals surface area (Å²) in [4.78, 5) is 19.7. The molecule has 7 aromatic carbocycles. The van der Waals surface area contributed by atoms with Crippen LogP contribution in [0.3, 0.4) is 0 Å². The van der Waals surface area contributed by atoms with Gasteiger partial charge in [-0.25, -0.2) is 15.0 Å². The predicted molar refractivity (Wildman–Crippen MR) is 217 cm³/mol. The van der Waals surface area contributed by atoms with Crippen molar-refractivity contribution in [2.45, 2.75) is 0 Å². The van der Waals surface area contributed by atoms with Gasteiger partial charge in [0.05, 0.1) is 11.0 Å². The highest BCUT2D eigenvalue weighted by Gasteiger charge is 2.17. The number of pyridine rings is 1. The van der Waals surface area contributed by atoms with Crippen LogP contribution in [0.2, 0.25) is 0 Å². The molecule has 0 N–H and O–H groups in total. The normalized spacial score (nSPS) is 11.4. The standard InChI is InChI=1S/C48H31N5/c1-2-19-39(20-3-1)53-44-24-7-6-22-41(44)43-30-35(25-26-45(43)53)33-14-8-16-36(28-33)46-50-47(37-17-9-15-34(29-37)38-18-11-27-49-31-38)52-48(51-46)42-23-10-13-32-12-4-5-21-40(32)42/h1-31H. The number of para-hydroxylation sites is 2. The molecule has 53 heavy (non-hydrogen) atoms. The van der Waals surface area contributed by atoms with E-state index in [4.69, 9.17) is 15.0 Å². The quantitative estimate of drug-likeness (QED) is 0.176. The largest absolute Gasteiger partial charge is 0.309 e. The molecule has 0 aliphatic rings. The van der Waals surface area contributed by atoms with Crippen LogP contribution in [0.25, 0.3) is 94.7 Å². The molecule has 0 atom stereocenters. The minimum absolute atomic E-state index is 0.615. The molecule has 0 amide bonds. The number of nitrogens with zero attached hydrogens (tertiary/aromatic N) is 5. The molecule has 3 aromatic heterocycles. The number of hydrogen-bond donors (Lipinski definition) is 0. The molecule has 0 radical (unpaired) electrons. The van der Waals surface area contributed by atoms with E-state index in [9.17, 15) is 0 Å². The molecule has 5 nitrogen and oxygen atoms in total. The van der Waals surface area contributed by atoms with Crippen molar-refractivity contribution in [3.05, 3.63) is 188 Å². The summed E-state index contributed by atoms with van der Waals surface area (Å²) in [6, 6.07) is 61.4. The first-order valence-electron chi connectivity index (χ1n) is 17.7. The molecule has 0 bridgehead atoms. The van der Waals surface area contributed by atoms with E-state index in [1.54, 1.807) is 6.20 Å². The van der Waals surface area contributed by atoms with Gasteiger partial charge in [-0.05, 0) is 76.0 Å². The lowest BCUT2D eigenvalue weighted by atomic mass is 10.00. The smallest absolute Gasteiger partial charge is 0.164 e. The highest BCUT2D eigenvalue weighted by atomic mass is 15.0. The minimum Gasteiger partial charge on any atom is -0.309 e. The number of fused-ring (bicyclic) bond motifs is 4.